The molecule has 1 aliphatic heterocycles. The fraction of sp³-hybridized carbons (Fsp3) is 0.115. The number of amides is 1. The van der Waals surface area contributed by atoms with Crippen molar-refractivity contribution in [2.75, 3.05) is 10.6 Å². The third kappa shape index (κ3) is 5.04. The van der Waals surface area contributed by atoms with E-state index in [0.29, 0.717) is 43.7 Å². The highest BCUT2D eigenvalue weighted by molar-refractivity contribution is 6.35. The SMILES string of the molecule is CC1=C(C(=O)Nc2ccc(Cl)cc2)C(c2cccc(OCc3ccc(Cl)cc3Cl)c2)n2ncnc2N1. The molecule has 1 aliphatic rings. The number of rotatable bonds is 6. The maximum absolute atomic E-state index is 13.5. The van der Waals surface area contributed by atoms with Crippen molar-refractivity contribution in [2.45, 2.75) is 19.6 Å². The molecule has 0 radical (unpaired) electrons. The van der Waals surface area contributed by atoms with E-state index in [1.165, 1.54) is 6.33 Å². The van der Waals surface area contributed by atoms with Gasteiger partial charge in [0.1, 0.15) is 24.7 Å². The minimum Gasteiger partial charge on any atom is -0.489 e. The zero-order valence-corrected chi connectivity index (χ0v) is 21.3. The van der Waals surface area contributed by atoms with Gasteiger partial charge in [-0.3, -0.25) is 4.79 Å². The maximum Gasteiger partial charge on any atom is 0.255 e. The highest BCUT2D eigenvalue weighted by Crippen LogP contribution is 2.36. The van der Waals surface area contributed by atoms with E-state index in [1.807, 2.05) is 37.3 Å². The number of benzene rings is 3. The average Bonchev–Trinajstić information content (AvgIpc) is 3.32. The lowest BCUT2D eigenvalue weighted by Gasteiger charge is -2.29. The molecule has 0 fully saturated rings. The van der Waals surface area contributed by atoms with Crippen molar-refractivity contribution in [3.05, 3.63) is 111 Å². The first-order valence-corrected chi connectivity index (χ1v) is 12.1. The van der Waals surface area contributed by atoms with Crippen molar-refractivity contribution in [2.24, 2.45) is 0 Å². The molecule has 4 aromatic rings. The Kier molecular flexibility index (Phi) is 6.87. The van der Waals surface area contributed by atoms with E-state index in [4.69, 9.17) is 39.5 Å². The molecule has 0 aliphatic carbocycles. The number of nitrogens with zero attached hydrogens (tertiary/aromatic N) is 3. The van der Waals surface area contributed by atoms with Crippen LogP contribution in [0.5, 0.6) is 5.75 Å². The van der Waals surface area contributed by atoms with Crippen LogP contribution in [0.1, 0.15) is 24.1 Å². The third-order valence-corrected chi connectivity index (χ3v) is 6.56. The fourth-order valence-electron chi connectivity index (χ4n) is 4.00. The zero-order valence-electron chi connectivity index (χ0n) is 19.0. The van der Waals surface area contributed by atoms with E-state index in [1.54, 1.807) is 41.1 Å². The van der Waals surface area contributed by atoms with Gasteiger partial charge in [-0.05, 0) is 61.0 Å². The standard InChI is InChI=1S/C26H20Cl3N5O2/c1-15-23(25(35)33-20-9-7-18(27)8-10-20)24(34-26(32-15)30-14-31-34)16-3-2-4-21(11-16)36-13-17-5-6-19(28)12-22(17)29/h2-12,14,24H,13H2,1H3,(H,33,35)(H,30,31,32). The van der Waals surface area contributed by atoms with Crippen LogP contribution in [0.4, 0.5) is 11.6 Å². The molecular weight excluding hydrogens is 521 g/mol. The van der Waals surface area contributed by atoms with Gasteiger partial charge >= 0.3 is 0 Å². The van der Waals surface area contributed by atoms with Crippen LogP contribution in [-0.2, 0) is 11.4 Å². The maximum atomic E-state index is 13.5. The second-order valence-electron chi connectivity index (χ2n) is 8.15. The molecule has 10 heteroatoms. The number of hydrogen-bond donors (Lipinski definition) is 2. The molecule has 1 atom stereocenters. The molecule has 5 rings (SSSR count). The summed E-state index contributed by atoms with van der Waals surface area (Å²) < 4.78 is 7.71. The molecule has 3 aromatic carbocycles. The fourth-order valence-corrected chi connectivity index (χ4v) is 4.59. The number of anilines is 2. The van der Waals surface area contributed by atoms with Crippen LogP contribution in [0.3, 0.4) is 0 Å². The monoisotopic (exact) mass is 539 g/mol. The van der Waals surface area contributed by atoms with E-state index in [2.05, 4.69) is 20.7 Å². The van der Waals surface area contributed by atoms with Crippen LogP contribution in [-0.4, -0.2) is 20.7 Å². The molecule has 182 valence electrons. The van der Waals surface area contributed by atoms with Crippen molar-refractivity contribution >= 4 is 52.3 Å². The predicted molar refractivity (Wildman–Crippen MR) is 142 cm³/mol. The number of ether oxygens (including phenoxy) is 1. The quantitative estimate of drug-likeness (QED) is 0.283. The number of hydrogen-bond acceptors (Lipinski definition) is 5. The van der Waals surface area contributed by atoms with E-state index in [0.717, 1.165) is 11.1 Å². The van der Waals surface area contributed by atoms with Crippen LogP contribution in [0.2, 0.25) is 15.1 Å². The van der Waals surface area contributed by atoms with Crippen molar-refractivity contribution < 1.29 is 9.53 Å². The summed E-state index contributed by atoms with van der Waals surface area (Å²) in [5.41, 5.74) is 3.42. The summed E-state index contributed by atoms with van der Waals surface area (Å²) in [4.78, 5) is 17.8. The second kappa shape index (κ2) is 10.2. The number of aromatic nitrogens is 3. The van der Waals surface area contributed by atoms with Crippen LogP contribution in [0.25, 0.3) is 0 Å². The summed E-state index contributed by atoms with van der Waals surface area (Å²) in [6.07, 6.45) is 1.45. The Morgan fingerprint density at radius 1 is 1.06 bits per heavy atom. The Labute approximate surface area is 222 Å². The number of carbonyl (C=O) groups is 1. The third-order valence-electron chi connectivity index (χ3n) is 5.72. The summed E-state index contributed by atoms with van der Waals surface area (Å²) >= 11 is 18.3. The molecular formula is C26H20Cl3N5O2. The largest absolute Gasteiger partial charge is 0.489 e. The van der Waals surface area contributed by atoms with Crippen molar-refractivity contribution in [1.82, 2.24) is 14.8 Å². The predicted octanol–water partition coefficient (Wildman–Crippen LogP) is 6.74. The highest BCUT2D eigenvalue weighted by Gasteiger charge is 2.33. The van der Waals surface area contributed by atoms with Crippen molar-refractivity contribution in [3.8, 4) is 5.75 Å². The lowest BCUT2D eigenvalue weighted by atomic mass is 9.95. The molecule has 36 heavy (non-hydrogen) atoms. The van der Waals surface area contributed by atoms with Gasteiger partial charge in [-0.15, -0.1) is 0 Å². The number of nitrogens with one attached hydrogen (secondary N) is 2. The lowest BCUT2D eigenvalue weighted by molar-refractivity contribution is -0.113. The average molecular weight is 541 g/mol. The first kappa shape index (κ1) is 24.2. The molecule has 0 spiro atoms. The summed E-state index contributed by atoms with van der Waals surface area (Å²) in [7, 11) is 0. The van der Waals surface area contributed by atoms with Crippen LogP contribution < -0.4 is 15.4 Å². The van der Waals surface area contributed by atoms with Crippen LogP contribution in [0, 0.1) is 0 Å². The Hall–Kier alpha value is -3.52. The minimum absolute atomic E-state index is 0.263. The Morgan fingerprint density at radius 3 is 2.61 bits per heavy atom. The molecule has 1 aromatic heterocycles. The summed E-state index contributed by atoms with van der Waals surface area (Å²) in [6.45, 7) is 2.10. The van der Waals surface area contributed by atoms with Gasteiger partial charge in [0.05, 0.1) is 5.57 Å². The molecule has 0 bridgehead atoms. The second-order valence-corrected chi connectivity index (χ2v) is 9.43. The van der Waals surface area contributed by atoms with E-state index in [9.17, 15) is 4.79 Å². The van der Waals surface area contributed by atoms with Gasteiger partial charge in [-0.1, -0.05) is 53.0 Å². The van der Waals surface area contributed by atoms with Gasteiger partial charge in [0.25, 0.3) is 5.91 Å². The summed E-state index contributed by atoms with van der Waals surface area (Å²) in [6, 6.07) is 19.2. The van der Waals surface area contributed by atoms with E-state index < -0.39 is 6.04 Å². The van der Waals surface area contributed by atoms with Crippen molar-refractivity contribution in [1.29, 1.82) is 0 Å². The van der Waals surface area contributed by atoms with E-state index in [-0.39, 0.29) is 12.5 Å². The number of allylic oxidation sites excluding steroid dienone is 1. The van der Waals surface area contributed by atoms with Gasteiger partial charge in [0, 0.05) is 32.0 Å². The molecule has 0 saturated carbocycles. The van der Waals surface area contributed by atoms with Gasteiger partial charge < -0.3 is 15.4 Å². The first-order chi connectivity index (χ1) is 17.4. The highest BCUT2D eigenvalue weighted by atomic mass is 35.5. The molecule has 2 heterocycles. The van der Waals surface area contributed by atoms with Crippen molar-refractivity contribution in [3.63, 3.8) is 0 Å². The molecule has 7 nitrogen and oxygen atoms in total. The number of carbonyl (C=O) groups excluding carboxylic acids is 1. The van der Waals surface area contributed by atoms with Gasteiger partial charge in [0.15, 0.2) is 0 Å². The van der Waals surface area contributed by atoms with Gasteiger partial charge in [0.2, 0.25) is 5.95 Å². The minimum atomic E-state index is -0.529. The Morgan fingerprint density at radius 2 is 1.83 bits per heavy atom. The van der Waals surface area contributed by atoms with E-state index >= 15 is 0 Å². The summed E-state index contributed by atoms with van der Waals surface area (Å²) in [5.74, 6) is 0.890. The first-order valence-electron chi connectivity index (χ1n) is 11.0. The molecule has 2 N–H and O–H groups in total. The lowest BCUT2D eigenvalue weighted by Crippen LogP contribution is -2.31. The smallest absolute Gasteiger partial charge is 0.255 e. The molecule has 1 unspecified atom stereocenters. The number of fused-ring (bicyclic) bond motifs is 1. The summed E-state index contributed by atoms with van der Waals surface area (Å²) in [5, 5.41) is 12.2. The van der Waals surface area contributed by atoms with Crippen LogP contribution >= 0.6 is 34.8 Å². The van der Waals surface area contributed by atoms with Gasteiger partial charge in [-0.25, -0.2) is 4.68 Å². The number of halogens is 3. The molecule has 1 amide bonds. The Balaban J connectivity index is 1.45. The zero-order chi connectivity index (χ0) is 25.2. The van der Waals surface area contributed by atoms with Crippen LogP contribution in [0.15, 0.2) is 84.3 Å². The normalized spacial score (nSPS) is 14.7. The Bertz CT molecular complexity index is 1470. The topological polar surface area (TPSA) is 81.1 Å². The molecule has 0 saturated heterocycles. The van der Waals surface area contributed by atoms with Gasteiger partial charge in [-0.2, -0.15) is 10.1 Å².